The topological polar surface area (TPSA) is 27.0 Å². The summed E-state index contributed by atoms with van der Waals surface area (Å²) in [6.07, 6.45) is -12.8. The number of nitriles is 1. The third-order valence-electron chi connectivity index (χ3n) is 0.975. The van der Waals surface area contributed by atoms with Crippen LogP contribution in [0.1, 0.15) is 0 Å². The lowest BCUT2D eigenvalue weighted by Crippen LogP contribution is -2.55. The summed E-state index contributed by atoms with van der Waals surface area (Å²) < 4.78 is 92.4. The van der Waals surface area contributed by atoms with Crippen molar-refractivity contribution in [3.8, 4) is 6.19 Å². The van der Waals surface area contributed by atoms with Crippen molar-refractivity contribution >= 4 is 0 Å². The second-order valence-electron chi connectivity index (χ2n) is 1.94. The van der Waals surface area contributed by atoms with Gasteiger partial charge in [-0.3, -0.25) is 0 Å². The monoisotopic (exact) mass is 228 g/mol. The summed E-state index contributed by atoms with van der Waals surface area (Å²) in [6, 6.07) is -6.26. The van der Waals surface area contributed by atoms with Gasteiger partial charge in [0.15, 0.2) is 6.19 Å². The molecule has 2 nitrogen and oxygen atoms in total. The Balaban J connectivity index is 5.18. The van der Waals surface area contributed by atoms with Gasteiger partial charge in [-0.05, 0) is 0 Å². The first-order chi connectivity index (χ1) is 5.94. The highest BCUT2D eigenvalue weighted by molar-refractivity contribution is 4.88. The molecular formula is C4F8N2. The molecule has 0 N–H and O–H groups in total. The van der Waals surface area contributed by atoms with E-state index in [1.54, 1.807) is 0 Å². The molecule has 0 radical (unpaired) electrons. The molecular weight excluding hydrogens is 228 g/mol. The van der Waals surface area contributed by atoms with E-state index in [0.29, 0.717) is 0 Å². The van der Waals surface area contributed by atoms with Crippen LogP contribution in [0.5, 0.6) is 0 Å². The molecule has 0 unspecified atom stereocenters. The zero-order chi connectivity index (χ0) is 11.8. The molecule has 0 aromatic rings. The maximum absolute atomic E-state index is 11.9. The Labute approximate surface area is 71.3 Å². The summed E-state index contributed by atoms with van der Waals surface area (Å²) in [4.78, 5) is -2.57. The zero-order valence-corrected chi connectivity index (χ0v) is 5.92. The van der Waals surface area contributed by atoms with Crippen molar-refractivity contribution in [3.63, 3.8) is 0 Å². The molecule has 0 aromatic carbocycles. The Hall–Kier alpha value is -1.27. The van der Waals surface area contributed by atoms with E-state index >= 15 is 0 Å². The molecule has 0 saturated heterocycles. The summed E-state index contributed by atoms with van der Waals surface area (Å²) >= 11 is 0. The zero-order valence-electron chi connectivity index (χ0n) is 5.92. The minimum absolute atomic E-state index is 0.273. The summed E-state index contributed by atoms with van der Waals surface area (Å²) in [7, 11) is 0. The number of nitrogens with zero attached hydrogens (tertiary/aromatic N) is 2. The molecule has 0 aromatic heterocycles. The molecule has 0 aliphatic carbocycles. The standard InChI is InChI=1S/C4F8N2/c5-2(6,7)3(8,9)14(1-13)4(10,11)12. The fourth-order valence-electron chi connectivity index (χ4n) is 0.405. The third-order valence-corrected chi connectivity index (χ3v) is 0.975. The van der Waals surface area contributed by atoms with E-state index in [0.717, 1.165) is 0 Å². The van der Waals surface area contributed by atoms with Gasteiger partial charge in [-0.15, -0.1) is 18.1 Å². The molecule has 0 fully saturated rings. The SMILES string of the molecule is N#CN(C(F)(F)F)C(F)(F)C(F)(F)F. The van der Waals surface area contributed by atoms with E-state index in [1.807, 2.05) is 0 Å². The molecule has 0 atom stereocenters. The summed E-state index contributed by atoms with van der Waals surface area (Å²) in [6.45, 7) is 0. The van der Waals surface area contributed by atoms with Crippen molar-refractivity contribution < 1.29 is 35.1 Å². The Kier molecular flexibility index (Phi) is 2.86. The number of alkyl halides is 8. The fourth-order valence-corrected chi connectivity index (χ4v) is 0.405. The van der Waals surface area contributed by atoms with Gasteiger partial charge in [-0.25, -0.2) is 0 Å². The van der Waals surface area contributed by atoms with E-state index in [9.17, 15) is 35.1 Å². The molecule has 0 spiro atoms. The molecule has 0 heterocycles. The lowest BCUT2D eigenvalue weighted by Gasteiger charge is -2.28. The van der Waals surface area contributed by atoms with Crippen molar-refractivity contribution in [2.75, 3.05) is 0 Å². The Morgan fingerprint density at radius 3 is 1.29 bits per heavy atom. The summed E-state index contributed by atoms with van der Waals surface area (Å²) in [5, 5.41) is 7.54. The van der Waals surface area contributed by atoms with Crippen LogP contribution in [-0.4, -0.2) is 23.4 Å². The van der Waals surface area contributed by atoms with Crippen LogP contribution >= 0.6 is 0 Å². The Morgan fingerprint density at radius 1 is 0.857 bits per heavy atom. The number of halogens is 8. The molecule has 0 saturated carbocycles. The summed E-state index contributed by atoms with van der Waals surface area (Å²) in [5.74, 6) is 0. The maximum Gasteiger partial charge on any atom is 0.498 e. The van der Waals surface area contributed by atoms with Crippen molar-refractivity contribution in [1.82, 2.24) is 4.90 Å². The quantitative estimate of drug-likeness (QED) is 0.298. The molecule has 0 aliphatic heterocycles. The maximum atomic E-state index is 11.9. The average Bonchev–Trinajstić information content (AvgIpc) is 1.80. The van der Waals surface area contributed by atoms with Gasteiger partial charge >= 0.3 is 18.5 Å². The van der Waals surface area contributed by atoms with E-state index in [4.69, 9.17) is 5.26 Å². The van der Waals surface area contributed by atoms with E-state index in [-0.39, 0.29) is 6.19 Å². The number of hydrogen-bond donors (Lipinski definition) is 0. The van der Waals surface area contributed by atoms with E-state index in [1.165, 1.54) is 0 Å². The largest absolute Gasteiger partial charge is 0.498 e. The van der Waals surface area contributed by atoms with Crippen molar-refractivity contribution in [1.29, 1.82) is 5.26 Å². The van der Waals surface area contributed by atoms with Crippen LogP contribution in [0.25, 0.3) is 0 Å². The molecule has 82 valence electrons. The highest BCUT2D eigenvalue weighted by Crippen LogP contribution is 2.42. The minimum atomic E-state index is -6.47. The summed E-state index contributed by atoms with van der Waals surface area (Å²) in [5.41, 5.74) is 0. The lowest BCUT2D eigenvalue weighted by atomic mass is 10.5. The predicted molar refractivity (Wildman–Crippen MR) is 24.5 cm³/mol. The highest BCUT2D eigenvalue weighted by atomic mass is 19.4. The van der Waals surface area contributed by atoms with Gasteiger partial charge in [-0.1, -0.05) is 0 Å². The van der Waals surface area contributed by atoms with Crippen LogP contribution in [0, 0.1) is 11.5 Å². The highest BCUT2D eigenvalue weighted by Gasteiger charge is 2.68. The Bertz CT molecular complexity index is 244. The molecule has 0 rings (SSSR count). The van der Waals surface area contributed by atoms with Crippen LogP contribution in [-0.2, 0) is 0 Å². The number of hydrogen-bond acceptors (Lipinski definition) is 2. The minimum Gasteiger partial charge on any atom is -0.172 e. The average molecular weight is 228 g/mol. The van der Waals surface area contributed by atoms with Crippen molar-refractivity contribution in [2.24, 2.45) is 0 Å². The normalized spacial score (nSPS) is 13.6. The first-order valence-electron chi connectivity index (χ1n) is 2.66. The van der Waals surface area contributed by atoms with Crippen molar-refractivity contribution in [3.05, 3.63) is 0 Å². The van der Waals surface area contributed by atoms with Crippen LogP contribution in [0.3, 0.4) is 0 Å². The lowest BCUT2D eigenvalue weighted by molar-refractivity contribution is -0.392. The third kappa shape index (κ3) is 2.15. The molecule has 0 bridgehead atoms. The van der Waals surface area contributed by atoms with Crippen molar-refractivity contribution in [2.45, 2.75) is 18.5 Å². The van der Waals surface area contributed by atoms with Gasteiger partial charge in [-0.2, -0.15) is 27.2 Å². The number of rotatable bonds is 1. The van der Waals surface area contributed by atoms with Crippen LogP contribution < -0.4 is 0 Å². The first-order valence-corrected chi connectivity index (χ1v) is 2.66. The second-order valence-corrected chi connectivity index (χ2v) is 1.94. The van der Waals surface area contributed by atoms with Crippen LogP contribution in [0.2, 0.25) is 0 Å². The van der Waals surface area contributed by atoms with E-state index < -0.39 is 23.4 Å². The smallest absolute Gasteiger partial charge is 0.172 e. The van der Waals surface area contributed by atoms with Gasteiger partial charge in [0, 0.05) is 0 Å². The predicted octanol–water partition coefficient (Wildman–Crippen LogP) is 2.44. The van der Waals surface area contributed by atoms with Crippen LogP contribution in [0.4, 0.5) is 35.1 Å². The van der Waals surface area contributed by atoms with Gasteiger partial charge < -0.3 is 0 Å². The molecule has 10 heteroatoms. The molecule has 0 amide bonds. The molecule has 0 aliphatic rings. The van der Waals surface area contributed by atoms with Gasteiger partial charge in [0.05, 0.1) is 0 Å². The Morgan fingerprint density at radius 2 is 1.21 bits per heavy atom. The second kappa shape index (κ2) is 3.14. The van der Waals surface area contributed by atoms with Crippen LogP contribution in [0.15, 0.2) is 0 Å². The van der Waals surface area contributed by atoms with Gasteiger partial charge in [0.2, 0.25) is 0 Å². The van der Waals surface area contributed by atoms with Gasteiger partial charge in [0.1, 0.15) is 0 Å². The molecule has 14 heavy (non-hydrogen) atoms. The van der Waals surface area contributed by atoms with Gasteiger partial charge in [0.25, 0.3) is 0 Å². The first kappa shape index (κ1) is 12.7. The van der Waals surface area contributed by atoms with E-state index in [2.05, 4.69) is 0 Å². The fraction of sp³-hybridized carbons (Fsp3) is 0.750.